The van der Waals surface area contributed by atoms with Crippen molar-refractivity contribution in [3.63, 3.8) is 0 Å². The highest BCUT2D eigenvalue weighted by Crippen LogP contribution is 2.29. The highest BCUT2D eigenvalue weighted by atomic mass is 32.2. The summed E-state index contributed by atoms with van der Waals surface area (Å²) in [6, 6.07) is 14.6. The average Bonchev–Trinajstić information content (AvgIpc) is 3.15. The molecular formula is C20H22N2O5S. The zero-order chi connectivity index (χ0) is 20.3. The molecule has 2 atom stereocenters. The SMILES string of the molecule is CC[C@H](C)[C@H](NS(=O)(=O)c1cccc(-c2cc3ccccc3o2)c1)C(=O)NO. The van der Waals surface area contributed by atoms with Gasteiger partial charge in [0.25, 0.3) is 5.91 Å². The Bertz CT molecular complexity index is 1060. The fraction of sp³-hybridized carbons (Fsp3) is 0.250. The molecule has 0 bridgehead atoms. The second-order valence-electron chi connectivity index (χ2n) is 6.64. The maximum absolute atomic E-state index is 12.8. The standard InChI is InChI=1S/C20H22N2O5S/c1-3-13(2)19(20(23)21-24)22-28(25,26)16-9-6-8-14(11-16)18-12-15-7-4-5-10-17(15)27-18/h4-13,19,22,24H,3H2,1-2H3,(H,21,23)/t13-,19-/m0/s1. The van der Waals surface area contributed by atoms with E-state index in [0.29, 0.717) is 23.3 Å². The largest absolute Gasteiger partial charge is 0.456 e. The number of furan rings is 1. The Hall–Kier alpha value is -2.68. The number of hydrogen-bond acceptors (Lipinski definition) is 5. The van der Waals surface area contributed by atoms with Crippen molar-refractivity contribution in [2.75, 3.05) is 0 Å². The monoisotopic (exact) mass is 402 g/mol. The number of nitrogens with one attached hydrogen (secondary N) is 2. The number of hydroxylamine groups is 1. The molecule has 1 aromatic heterocycles. The lowest BCUT2D eigenvalue weighted by molar-refractivity contribution is -0.132. The van der Waals surface area contributed by atoms with Gasteiger partial charge in [-0.1, -0.05) is 50.6 Å². The van der Waals surface area contributed by atoms with E-state index >= 15 is 0 Å². The third kappa shape index (κ3) is 4.09. The second kappa shape index (κ2) is 8.14. The van der Waals surface area contributed by atoms with Gasteiger partial charge in [0.05, 0.1) is 4.90 Å². The molecule has 3 N–H and O–H groups in total. The van der Waals surface area contributed by atoms with Gasteiger partial charge in [-0.2, -0.15) is 4.72 Å². The van der Waals surface area contributed by atoms with Crippen LogP contribution in [0.15, 0.2) is 63.9 Å². The minimum atomic E-state index is -3.99. The maximum atomic E-state index is 12.8. The number of para-hydroxylation sites is 1. The van der Waals surface area contributed by atoms with Crippen LogP contribution in [-0.2, 0) is 14.8 Å². The van der Waals surface area contributed by atoms with Crippen molar-refractivity contribution in [2.24, 2.45) is 5.92 Å². The third-order valence-electron chi connectivity index (χ3n) is 4.74. The Kier molecular flexibility index (Phi) is 5.83. The van der Waals surface area contributed by atoms with Gasteiger partial charge < -0.3 is 4.42 Å². The summed E-state index contributed by atoms with van der Waals surface area (Å²) in [6.07, 6.45) is 0.555. The zero-order valence-electron chi connectivity index (χ0n) is 15.5. The molecule has 0 aliphatic carbocycles. The highest BCUT2D eigenvalue weighted by molar-refractivity contribution is 7.89. The van der Waals surface area contributed by atoms with Crippen LogP contribution in [0.3, 0.4) is 0 Å². The molecule has 0 spiro atoms. The first-order valence-corrected chi connectivity index (χ1v) is 10.4. The number of carbonyl (C=O) groups excluding carboxylic acids is 1. The quantitative estimate of drug-likeness (QED) is 0.415. The van der Waals surface area contributed by atoms with Crippen LogP contribution < -0.4 is 10.2 Å². The molecule has 0 aliphatic rings. The summed E-state index contributed by atoms with van der Waals surface area (Å²) in [5.74, 6) is -0.559. The first-order chi connectivity index (χ1) is 13.4. The molecule has 0 radical (unpaired) electrons. The van der Waals surface area contributed by atoms with Crippen LogP contribution in [0.2, 0.25) is 0 Å². The predicted octanol–water partition coefficient (Wildman–Crippen LogP) is 3.30. The normalized spacial score (nSPS) is 14.0. The molecule has 0 fully saturated rings. The lowest BCUT2D eigenvalue weighted by Crippen LogP contribution is -2.49. The summed E-state index contributed by atoms with van der Waals surface area (Å²) < 4.78 is 33.9. The minimum absolute atomic E-state index is 0.00417. The molecule has 28 heavy (non-hydrogen) atoms. The number of benzene rings is 2. The maximum Gasteiger partial charge on any atom is 0.261 e. The molecule has 0 aliphatic heterocycles. The number of sulfonamides is 1. The van der Waals surface area contributed by atoms with Crippen molar-refractivity contribution in [3.8, 4) is 11.3 Å². The molecule has 0 unspecified atom stereocenters. The summed E-state index contributed by atoms with van der Waals surface area (Å²) >= 11 is 0. The van der Waals surface area contributed by atoms with Gasteiger partial charge in [-0.05, 0) is 30.2 Å². The van der Waals surface area contributed by atoms with Crippen LogP contribution in [0, 0.1) is 5.92 Å². The van der Waals surface area contributed by atoms with E-state index in [9.17, 15) is 13.2 Å². The first kappa shape index (κ1) is 20.1. The summed E-state index contributed by atoms with van der Waals surface area (Å²) in [5, 5.41) is 9.85. The summed E-state index contributed by atoms with van der Waals surface area (Å²) in [5.41, 5.74) is 2.84. The fourth-order valence-electron chi connectivity index (χ4n) is 2.91. The smallest absolute Gasteiger partial charge is 0.261 e. The van der Waals surface area contributed by atoms with Crippen molar-refractivity contribution in [2.45, 2.75) is 31.2 Å². The van der Waals surface area contributed by atoms with Crippen molar-refractivity contribution < 1.29 is 22.8 Å². The summed E-state index contributed by atoms with van der Waals surface area (Å²) in [7, 11) is -3.99. The zero-order valence-corrected chi connectivity index (χ0v) is 16.4. The molecule has 3 aromatic rings. The third-order valence-corrected chi connectivity index (χ3v) is 6.18. The van der Waals surface area contributed by atoms with E-state index in [4.69, 9.17) is 9.62 Å². The Labute approximate surface area is 163 Å². The van der Waals surface area contributed by atoms with Crippen molar-refractivity contribution in [1.29, 1.82) is 0 Å². The molecule has 7 nitrogen and oxygen atoms in total. The minimum Gasteiger partial charge on any atom is -0.456 e. The summed E-state index contributed by atoms with van der Waals surface area (Å²) in [4.78, 5) is 11.9. The first-order valence-electron chi connectivity index (χ1n) is 8.91. The van der Waals surface area contributed by atoms with Gasteiger partial charge in [-0.25, -0.2) is 13.9 Å². The van der Waals surface area contributed by atoms with Crippen LogP contribution in [0.25, 0.3) is 22.3 Å². The van der Waals surface area contributed by atoms with Crippen molar-refractivity contribution in [3.05, 3.63) is 54.6 Å². The highest BCUT2D eigenvalue weighted by Gasteiger charge is 2.29. The molecule has 1 heterocycles. The second-order valence-corrected chi connectivity index (χ2v) is 8.35. The fourth-order valence-corrected chi connectivity index (χ4v) is 4.26. The van der Waals surface area contributed by atoms with E-state index in [1.807, 2.05) is 37.3 Å². The van der Waals surface area contributed by atoms with Gasteiger partial charge in [0, 0.05) is 10.9 Å². The topological polar surface area (TPSA) is 109 Å². The van der Waals surface area contributed by atoms with Crippen LogP contribution in [0.5, 0.6) is 0 Å². The Balaban J connectivity index is 1.94. The average molecular weight is 402 g/mol. The Morgan fingerprint density at radius 2 is 1.89 bits per heavy atom. The Morgan fingerprint density at radius 3 is 2.57 bits per heavy atom. The molecule has 0 saturated carbocycles. The molecule has 3 rings (SSSR count). The number of rotatable bonds is 7. The number of carbonyl (C=O) groups is 1. The van der Waals surface area contributed by atoms with Gasteiger partial charge in [-0.15, -0.1) is 0 Å². The summed E-state index contributed by atoms with van der Waals surface area (Å²) in [6.45, 7) is 3.56. The molecule has 8 heteroatoms. The van der Waals surface area contributed by atoms with Crippen molar-refractivity contribution in [1.82, 2.24) is 10.2 Å². The number of amides is 1. The molecule has 148 valence electrons. The lowest BCUT2D eigenvalue weighted by Gasteiger charge is -2.22. The van der Waals surface area contributed by atoms with Gasteiger partial charge in [-0.3, -0.25) is 10.0 Å². The van der Waals surface area contributed by atoms with Gasteiger partial charge in [0.15, 0.2) is 0 Å². The predicted molar refractivity (Wildman–Crippen MR) is 105 cm³/mol. The number of hydrogen-bond donors (Lipinski definition) is 3. The van der Waals surface area contributed by atoms with Crippen molar-refractivity contribution >= 4 is 26.9 Å². The van der Waals surface area contributed by atoms with E-state index in [1.165, 1.54) is 17.6 Å². The van der Waals surface area contributed by atoms with Crippen LogP contribution in [0.1, 0.15) is 20.3 Å². The van der Waals surface area contributed by atoms with Crippen LogP contribution in [-0.4, -0.2) is 25.6 Å². The van der Waals surface area contributed by atoms with E-state index in [-0.39, 0.29) is 10.8 Å². The molecule has 1 amide bonds. The van der Waals surface area contributed by atoms with Crippen LogP contribution in [0.4, 0.5) is 0 Å². The van der Waals surface area contributed by atoms with E-state index in [0.717, 1.165) is 5.39 Å². The molecular weight excluding hydrogens is 380 g/mol. The number of fused-ring (bicyclic) bond motifs is 1. The van der Waals surface area contributed by atoms with Gasteiger partial charge in [0.2, 0.25) is 10.0 Å². The van der Waals surface area contributed by atoms with E-state index in [2.05, 4.69) is 4.72 Å². The van der Waals surface area contributed by atoms with Gasteiger partial charge >= 0.3 is 0 Å². The lowest BCUT2D eigenvalue weighted by atomic mass is 10.00. The molecule has 0 saturated heterocycles. The van der Waals surface area contributed by atoms with Crippen LogP contribution >= 0.6 is 0 Å². The molecule has 2 aromatic carbocycles. The Morgan fingerprint density at radius 1 is 1.14 bits per heavy atom. The van der Waals surface area contributed by atoms with Gasteiger partial charge in [0.1, 0.15) is 17.4 Å². The van der Waals surface area contributed by atoms with E-state index < -0.39 is 22.0 Å². The van der Waals surface area contributed by atoms with E-state index in [1.54, 1.807) is 19.1 Å².